The average Bonchev–Trinajstić information content (AvgIpc) is 2.39. The third kappa shape index (κ3) is 5.53. The molecule has 0 atom stereocenters. The Morgan fingerprint density at radius 3 is 2.15 bits per heavy atom. The minimum absolute atomic E-state index is 0.614. The van der Waals surface area contributed by atoms with Gasteiger partial charge in [0.05, 0.1) is 6.20 Å². The van der Waals surface area contributed by atoms with Crippen LogP contribution in [0.2, 0.25) is 5.02 Å². The molecule has 0 fully saturated rings. The normalized spacial score (nSPS) is 11.2. The Balaban J connectivity index is 2.89. The fourth-order valence-electron chi connectivity index (χ4n) is 1.85. The first-order valence-corrected chi connectivity index (χ1v) is 7.77. The fraction of sp³-hybridized carbons (Fsp3) is 0.733. The van der Waals surface area contributed by atoms with E-state index in [1.54, 1.807) is 6.20 Å². The van der Waals surface area contributed by atoms with Crippen molar-refractivity contribution in [2.45, 2.75) is 40.5 Å². The van der Waals surface area contributed by atoms with Crippen LogP contribution < -0.4 is 10.2 Å². The van der Waals surface area contributed by atoms with Gasteiger partial charge in [0.2, 0.25) is 5.95 Å². The largest absolute Gasteiger partial charge is 0.357 e. The maximum Gasteiger partial charge on any atom is 0.224 e. The molecule has 0 spiro atoms. The number of nitrogens with one attached hydrogen (secondary N) is 1. The molecule has 1 heterocycles. The van der Waals surface area contributed by atoms with Crippen LogP contribution in [0, 0.1) is 11.8 Å². The molecule has 0 saturated heterocycles. The van der Waals surface area contributed by atoms with E-state index < -0.39 is 0 Å². The van der Waals surface area contributed by atoms with Crippen LogP contribution in [0.1, 0.15) is 40.5 Å². The summed E-state index contributed by atoms with van der Waals surface area (Å²) >= 11 is 6.28. The topological polar surface area (TPSA) is 41.1 Å². The Morgan fingerprint density at radius 2 is 1.70 bits per heavy atom. The molecule has 20 heavy (non-hydrogen) atoms. The van der Waals surface area contributed by atoms with E-state index in [0.717, 1.165) is 31.7 Å². The van der Waals surface area contributed by atoms with Crippen LogP contribution >= 0.6 is 11.6 Å². The van der Waals surface area contributed by atoms with Crippen LogP contribution in [-0.4, -0.2) is 30.1 Å². The van der Waals surface area contributed by atoms with Gasteiger partial charge in [0.15, 0.2) is 5.82 Å². The second-order valence-corrected chi connectivity index (χ2v) is 6.37. The highest BCUT2D eigenvalue weighted by Gasteiger charge is 2.14. The summed E-state index contributed by atoms with van der Waals surface area (Å²) in [5.74, 6) is 2.79. The minimum Gasteiger partial charge on any atom is -0.357 e. The lowest BCUT2D eigenvalue weighted by Gasteiger charge is -2.26. The maximum atomic E-state index is 6.28. The smallest absolute Gasteiger partial charge is 0.224 e. The summed E-state index contributed by atoms with van der Waals surface area (Å²) in [5.41, 5.74) is 0. The van der Waals surface area contributed by atoms with Crippen molar-refractivity contribution >= 4 is 23.4 Å². The van der Waals surface area contributed by atoms with E-state index in [-0.39, 0.29) is 0 Å². The number of rotatable bonds is 8. The molecule has 0 radical (unpaired) electrons. The van der Waals surface area contributed by atoms with Crippen LogP contribution in [0.3, 0.4) is 0 Å². The van der Waals surface area contributed by atoms with Gasteiger partial charge in [-0.1, -0.05) is 39.3 Å². The molecule has 0 unspecified atom stereocenters. The van der Waals surface area contributed by atoms with Crippen molar-refractivity contribution in [2.75, 3.05) is 30.4 Å². The molecule has 1 aromatic heterocycles. The fourth-order valence-corrected chi connectivity index (χ4v) is 2.06. The number of hydrogen-bond acceptors (Lipinski definition) is 4. The Labute approximate surface area is 127 Å². The van der Waals surface area contributed by atoms with E-state index in [2.05, 4.69) is 47.9 Å². The number of halogens is 1. The van der Waals surface area contributed by atoms with E-state index >= 15 is 0 Å². The summed E-state index contributed by atoms with van der Waals surface area (Å²) < 4.78 is 0. The highest BCUT2D eigenvalue weighted by Crippen LogP contribution is 2.25. The van der Waals surface area contributed by atoms with Gasteiger partial charge in [0.25, 0.3) is 0 Å². The van der Waals surface area contributed by atoms with Crippen LogP contribution in [0.5, 0.6) is 0 Å². The number of aromatic nitrogens is 2. The summed E-state index contributed by atoms with van der Waals surface area (Å²) in [7, 11) is 1.82. The van der Waals surface area contributed by atoms with Crippen LogP contribution in [0.25, 0.3) is 0 Å². The van der Waals surface area contributed by atoms with Crippen LogP contribution in [0.15, 0.2) is 6.20 Å². The van der Waals surface area contributed by atoms with Gasteiger partial charge in [0.1, 0.15) is 5.02 Å². The zero-order valence-corrected chi connectivity index (χ0v) is 14.0. The first-order chi connectivity index (χ1) is 9.43. The predicted octanol–water partition coefficient (Wildman–Crippen LogP) is 4.07. The molecule has 1 aromatic rings. The quantitative estimate of drug-likeness (QED) is 0.785. The molecule has 114 valence electrons. The van der Waals surface area contributed by atoms with Crippen molar-refractivity contribution < 1.29 is 0 Å². The Bertz CT molecular complexity index is 395. The van der Waals surface area contributed by atoms with Crippen molar-refractivity contribution in [3.05, 3.63) is 11.2 Å². The summed E-state index contributed by atoms with van der Waals surface area (Å²) in [5, 5.41) is 3.59. The predicted molar refractivity (Wildman–Crippen MR) is 87.7 cm³/mol. The van der Waals surface area contributed by atoms with Crippen molar-refractivity contribution in [3.63, 3.8) is 0 Å². The van der Waals surface area contributed by atoms with Crippen molar-refractivity contribution in [2.24, 2.45) is 11.8 Å². The van der Waals surface area contributed by atoms with Crippen molar-refractivity contribution in [1.29, 1.82) is 0 Å². The van der Waals surface area contributed by atoms with E-state index in [1.807, 2.05) is 7.05 Å². The second kappa shape index (κ2) is 8.30. The third-order valence-electron chi connectivity index (χ3n) is 3.20. The third-order valence-corrected chi connectivity index (χ3v) is 3.47. The molecular weight excluding hydrogens is 272 g/mol. The SMILES string of the molecule is CNc1ncc(Cl)c(N(CCC(C)C)CCC(C)C)n1. The second-order valence-electron chi connectivity index (χ2n) is 5.97. The number of nitrogens with zero attached hydrogens (tertiary/aromatic N) is 3. The lowest BCUT2D eigenvalue weighted by molar-refractivity contribution is 0.533. The molecule has 0 saturated carbocycles. The Morgan fingerprint density at radius 1 is 1.15 bits per heavy atom. The number of hydrogen-bond donors (Lipinski definition) is 1. The zero-order chi connectivity index (χ0) is 15.1. The van der Waals surface area contributed by atoms with Gasteiger partial charge >= 0.3 is 0 Å². The van der Waals surface area contributed by atoms with E-state index in [1.165, 1.54) is 0 Å². The molecular formula is C15H27ClN4. The van der Waals surface area contributed by atoms with Crippen molar-refractivity contribution in [1.82, 2.24) is 9.97 Å². The lowest BCUT2D eigenvalue weighted by Crippen LogP contribution is -2.29. The monoisotopic (exact) mass is 298 g/mol. The van der Waals surface area contributed by atoms with Crippen molar-refractivity contribution in [3.8, 4) is 0 Å². The first-order valence-electron chi connectivity index (χ1n) is 7.39. The molecule has 5 heteroatoms. The number of anilines is 2. The summed E-state index contributed by atoms with van der Waals surface area (Å²) in [6.07, 6.45) is 3.94. The highest BCUT2D eigenvalue weighted by atomic mass is 35.5. The average molecular weight is 299 g/mol. The van der Waals surface area contributed by atoms with Gasteiger partial charge in [-0.2, -0.15) is 4.98 Å². The standard InChI is InChI=1S/C15H27ClN4/c1-11(2)6-8-20(9-7-12(3)4)14-13(16)10-18-15(17-5)19-14/h10-12H,6-9H2,1-5H3,(H,17,18,19). The van der Waals surface area contributed by atoms with Gasteiger partial charge in [-0.25, -0.2) is 4.98 Å². The Kier molecular flexibility index (Phi) is 7.06. The van der Waals surface area contributed by atoms with E-state index in [9.17, 15) is 0 Å². The van der Waals surface area contributed by atoms with Gasteiger partial charge in [-0.05, 0) is 24.7 Å². The highest BCUT2D eigenvalue weighted by molar-refractivity contribution is 6.32. The molecule has 1 rings (SSSR count). The molecule has 0 aliphatic heterocycles. The van der Waals surface area contributed by atoms with E-state index in [4.69, 9.17) is 11.6 Å². The minimum atomic E-state index is 0.614. The Hall–Kier alpha value is -1.03. The van der Waals surface area contributed by atoms with Gasteiger partial charge in [0, 0.05) is 20.1 Å². The summed E-state index contributed by atoms with van der Waals surface area (Å²) in [4.78, 5) is 11.0. The molecule has 0 bridgehead atoms. The zero-order valence-electron chi connectivity index (χ0n) is 13.3. The van der Waals surface area contributed by atoms with Crippen LogP contribution in [-0.2, 0) is 0 Å². The maximum absolute atomic E-state index is 6.28. The molecule has 0 aliphatic rings. The van der Waals surface area contributed by atoms with Crippen LogP contribution in [0.4, 0.5) is 11.8 Å². The summed E-state index contributed by atoms with van der Waals surface area (Å²) in [6, 6.07) is 0. The van der Waals surface area contributed by atoms with Gasteiger partial charge in [-0.15, -0.1) is 0 Å². The van der Waals surface area contributed by atoms with Gasteiger partial charge < -0.3 is 10.2 Å². The lowest BCUT2D eigenvalue weighted by atomic mass is 10.1. The van der Waals surface area contributed by atoms with E-state index in [0.29, 0.717) is 22.8 Å². The molecule has 0 aromatic carbocycles. The summed E-state index contributed by atoms with van der Waals surface area (Å²) in [6.45, 7) is 10.9. The van der Waals surface area contributed by atoms with Gasteiger partial charge in [-0.3, -0.25) is 0 Å². The molecule has 1 N–H and O–H groups in total. The molecule has 4 nitrogen and oxygen atoms in total. The molecule has 0 amide bonds. The first kappa shape index (κ1) is 17.0. The molecule has 0 aliphatic carbocycles.